The Balaban J connectivity index is 1.58. The summed E-state index contributed by atoms with van der Waals surface area (Å²) < 4.78 is 35.2. The number of ether oxygens (including phenoxy) is 1. The van der Waals surface area contributed by atoms with E-state index < -0.39 is 16.1 Å². The Labute approximate surface area is 229 Å². The molecule has 2 aromatic carbocycles. The van der Waals surface area contributed by atoms with Crippen molar-refractivity contribution in [2.45, 2.75) is 37.6 Å². The molecule has 1 aromatic heterocycles. The van der Waals surface area contributed by atoms with E-state index in [4.69, 9.17) is 27.9 Å². The van der Waals surface area contributed by atoms with Crippen molar-refractivity contribution >= 4 is 38.9 Å². The molecule has 1 atom stereocenters. The number of benzene rings is 2. The van der Waals surface area contributed by atoms with Gasteiger partial charge in [-0.1, -0.05) is 42.6 Å². The maximum Gasteiger partial charge on any atom is 0.241 e. The first-order chi connectivity index (χ1) is 17.7. The average Bonchev–Trinajstić information content (AvgIpc) is 2.87. The third-order valence-electron chi connectivity index (χ3n) is 6.45. The van der Waals surface area contributed by atoms with Crippen LogP contribution in [0.15, 0.2) is 59.6 Å². The summed E-state index contributed by atoms with van der Waals surface area (Å²) in [6, 6.07) is 13.6. The van der Waals surface area contributed by atoms with Gasteiger partial charge in [-0.15, -0.1) is 0 Å². The molecular weight excluding hydrogens is 531 g/mol. The quantitative estimate of drug-likeness (QED) is 0.348. The van der Waals surface area contributed by atoms with Gasteiger partial charge in [-0.2, -0.15) is 0 Å². The molecule has 198 valence electrons. The van der Waals surface area contributed by atoms with Crippen LogP contribution >= 0.6 is 23.2 Å². The molecule has 1 saturated heterocycles. The molecule has 0 bridgehead atoms. The Morgan fingerprint density at radius 2 is 1.81 bits per heavy atom. The smallest absolute Gasteiger partial charge is 0.241 e. The van der Waals surface area contributed by atoms with Gasteiger partial charge in [0.1, 0.15) is 5.75 Å². The average molecular weight is 564 g/mol. The largest absolute Gasteiger partial charge is 0.439 e. The highest BCUT2D eigenvalue weighted by Crippen LogP contribution is 2.33. The van der Waals surface area contributed by atoms with E-state index in [2.05, 4.69) is 39.5 Å². The maximum absolute atomic E-state index is 13.1. The Morgan fingerprint density at radius 3 is 2.51 bits per heavy atom. The molecule has 4 rings (SSSR count). The van der Waals surface area contributed by atoms with Gasteiger partial charge in [-0.25, -0.2) is 18.1 Å². The molecule has 0 amide bonds. The SMILES string of the molecule is CCCc1c(C(C)NS(=O)(=O)c2ccc(Cl)c(Cl)c2)ccnc1Oc1cccc(N2CCN(C)CC2)c1. The lowest BCUT2D eigenvalue weighted by Crippen LogP contribution is -2.44. The van der Waals surface area contributed by atoms with E-state index in [-0.39, 0.29) is 9.92 Å². The molecule has 10 heteroatoms. The number of halogens is 2. The minimum Gasteiger partial charge on any atom is -0.439 e. The number of pyridine rings is 1. The van der Waals surface area contributed by atoms with E-state index in [1.165, 1.54) is 18.2 Å². The Hall–Kier alpha value is -2.36. The maximum atomic E-state index is 13.1. The van der Waals surface area contributed by atoms with Crippen LogP contribution in [0.25, 0.3) is 0 Å². The van der Waals surface area contributed by atoms with E-state index in [1.54, 1.807) is 13.1 Å². The Kier molecular flexibility index (Phi) is 8.98. The monoisotopic (exact) mass is 562 g/mol. The summed E-state index contributed by atoms with van der Waals surface area (Å²) in [5.41, 5.74) is 2.80. The highest BCUT2D eigenvalue weighted by molar-refractivity contribution is 7.89. The van der Waals surface area contributed by atoms with Crippen LogP contribution < -0.4 is 14.4 Å². The van der Waals surface area contributed by atoms with Gasteiger partial charge in [0.25, 0.3) is 0 Å². The van der Waals surface area contributed by atoms with Crippen molar-refractivity contribution in [3.8, 4) is 11.6 Å². The summed E-state index contributed by atoms with van der Waals surface area (Å²) in [6.07, 6.45) is 3.19. The zero-order valence-electron chi connectivity index (χ0n) is 21.2. The predicted molar refractivity (Wildman–Crippen MR) is 150 cm³/mol. The van der Waals surface area contributed by atoms with Gasteiger partial charge >= 0.3 is 0 Å². The summed E-state index contributed by atoms with van der Waals surface area (Å²) in [6.45, 7) is 7.84. The number of likely N-dealkylation sites (N-methyl/N-ethyl adjacent to an activating group) is 1. The van der Waals surface area contributed by atoms with Crippen LogP contribution in [0, 0.1) is 0 Å². The van der Waals surface area contributed by atoms with Crippen LogP contribution in [0.5, 0.6) is 11.6 Å². The zero-order chi connectivity index (χ0) is 26.6. The third kappa shape index (κ3) is 6.75. The van der Waals surface area contributed by atoms with Gasteiger partial charge in [0.05, 0.1) is 14.9 Å². The standard InChI is InChI=1S/C27H32Cl2N4O3S/c1-4-6-24-23(19(2)31-37(34,35)22-9-10-25(28)26(29)18-22)11-12-30-27(24)36-21-8-5-7-20(17-21)33-15-13-32(3)14-16-33/h5,7-12,17-19,31H,4,6,13-16H2,1-3H3. The van der Waals surface area contributed by atoms with Crippen molar-refractivity contribution < 1.29 is 13.2 Å². The topological polar surface area (TPSA) is 74.8 Å². The predicted octanol–water partition coefficient (Wildman–Crippen LogP) is 5.92. The first-order valence-electron chi connectivity index (χ1n) is 12.3. The van der Waals surface area contributed by atoms with Crippen LogP contribution in [0.4, 0.5) is 5.69 Å². The minimum absolute atomic E-state index is 0.0528. The second-order valence-electron chi connectivity index (χ2n) is 9.24. The van der Waals surface area contributed by atoms with E-state index in [9.17, 15) is 8.42 Å². The van der Waals surface area contributed by atoms with E-state index in [1.807, 2.05) is 24.3 Å². The van der Waals surface area contributed by atoms with E-state index in [0.717, 1.165) is 49.4 Å². The van der Waals surface area contributed by atoms with Crippen LogP contribution in [0.2, 0.25) is 10.0 Å². The number of rotatable bonds is 9. The lowest BCUT2D eigenvalue weighted by Gasteiger charge is -2.34. The van der Waals surface area contributed by atoms with Crippen molar-refractivity contribution in [2.24, 2.45) is 0 Å². The van der Waals surface area contributed by atoms with Crippen molar-refractivity contribution in [3.05, 3.63) is 75.9 Å². The Morgan fingerprint density at radius 1 is 1.05 bits per heavy atom. The molecule has 0 radical (unpaired) electrons. The molecule has 1 fully saturated rings. The third-order valence-corrected chi connectivity index (χ3v) is 8.73. The lowest BCUT2D eigenvalue weighted by molar-refractivity contribution is 0.312. The molecule has 7 nitrogen and oxygen atoms in total. The van der Waals surface area contributed by atoms with Gasteiger partial charge in [0.2, 0.25) is 15.9 Å². The van der Waals surface area contributed by atoms with Gasteiger partial charge in [-0.3, -0.25) is 0 Å². The van der Waals surface area contributed by atoms with Gasteiger partial charge < -0.3 is 14.5 Å². The molecule has 1 aliphatic heterocycles. The number of aromatic nitrogens is 1. The fourth-order valence-corrected chi connectivity index (χ4v) is 6.02. The lowest BCUT2D eigenvalue weighted by atomic mass is 10.0. The van der Waals surface area contributed by atoms with Gasteiger partial charge in [-0.05, 0) is 62.4 Å². The molecule has 0 saturated carbocycles. The Bertz CT molecular complexity index is 1350. The highest BCUT2D eigenvalue weighted by Gasteiger charge is 2.23. The van der Waals surface area contributed by atoms with Crippen LogP contribution in [-0.2, 0) is 16.4 Å². The summed E-state index contributed by atoms with van der Waals surface area (Å²) in [5.74, 6) is 1.18. The van der Waals surface area contributed by atoms with Crippen molar-refractivity contribution in [1.82, 2.24) is 14.6 Å². The second kappa shape index (κ2) is 12.0. The van der Waals surface area contributed by atoms with Gasteiger partial charge in [0, 0.05) is 55.7 Å². The van der Waals surface area contributed by atoms with E-state index in [0.29, 0.717) is 23.1 Å². The van der Waals surface area contributed by atoms with Crippen molar-refractivity contribution in [1.29, 1.82) is 0 Å². The first-order valence-corrected chi connectivity index (χ1v) is 14.6. The van der Waals surface area contributed by atoms with Gasteiger partial charge in [0.15, 0.2) is 0 Å². The molecule has 1 aliphatic rings. The molecular formula is C27H32Cl2N4O3S. The molecule has 1 unspecified atom stereocenters. The number of anilines is 1. The molecule has 37 heavy (non-hydrogen) atoms. The number of hydrogen-bond donors (Lipinski definition) is 1. The fraction of sp³-hybridized carbons (Fsp3) is 0.370. The van der Waals surface area contributed by atoms with Crippen LogP contribution in [-0.4, -0.2) is 51.5 Å². The summed E-state index contributed by atoms with van der Waals surface area (Å²) in [5, 5.41) is 0.480. The first kappa shape index (κ1) is 27.7. The summed E-state index contributed by atoms with van der Waals surface area (Å²) >= 11 is 12.0. The molecule has 2 heterocycles. The molecule has 1 N–H and O–H groups in total. The molecule has 0 spiro atoms. The number of sulfonamides is 1. The van der Waals surface area contributed by atoms with Crippen LogP contribution in [0.1, 0.15) is 37.4 Å². The van der Waals surface area contributed by atoms with Crippen molar-refractivity contribution in [3.63, 3.8) is 0 Å². The highest BCUT2D eigenvalue weighted by atomic mass is 35.5. The fourth-order valence-electron chi connectivity index (χ4n) is 4.41. The molecule has 3 aromatic rings. The molecule has 0 aliphatic carbocycles. The van der Waals surface area contributed by atoms with E-state index >= 15 is 0 Å². The summed E-state index contributed by atoms with van der Waals surface area (Å²) in [7, 11) is -1.70. The van der Waals surface area contributed by atoms with Crippen LogP contribution in [0.3, 0.4) is 0 Å². The minimum atomic E-state index is -3.84. The normalized spacial score (nSPS) is 15.5. The second-order valence-corrected chi connectivity index (χ2v) is 11.8. The zero-order valence-corrected chi connectivity index (χ0v) is 23.6. The van der Waals surface area contributed by atoms with Crippen molar-refractivity contribution in [2.75, 3.05) is 38.1 Å². The number of hydrogen-bond acceptors (Lipinski definition) is 6. The number of nitrogens with one attached hydrogen (secondary N) is 1. The number of piperazine rings is 1. The number of nitrogens with zero attached hydrogens (tertiary/aromatic N) is 3. The summed E-state index contributed by atoms with van der Waals surface area (Å²) in [4.78, 5) is 9.24.